The molecule has 0 aromatic heterocycles. The van der Waals surface area contributed by atoms with Crippen LogP contribution in [0.5, 0.6) is 5.75 Å². The van der Waals surface area contributed by atoms with E-state index in [-0.39, 0.29) is 6.10 Å². The number of para-hydroxylation sites is 1. The van der Waals surface area contributed by atoms with Crippen molar-refractivity contribution in [3.8, 4) is 5.75 Å². The lowest BCUT2D eigenvalue weighted by Crippen LogP contribution is -2.16. The Morgan fingerprint density at radius 3 is 2.67 bits per heavy atom. The van der Waals surface area contributed by atoms with Gasteiger partial charge in [0.15, 0.2) is 0 Å². The molecule has 0 amide bonds. The Kier molecular flexibility index (Phi) is 3.13. The quantitative estimate of drug-likeness (QED) is 0.803. The van der Waals surface area contributed by atoms with E-state index in [2.05, 4.69) is 59.3 Å². The lowest BCUT2D eigenvalue weighted by molar-refractivity contribution is 0.232. The van der Waals surface area contributed by atoms with Crippen LogP contribution in [0.15, 0.2) is 46.9 Å². The molecule has 0 N–H and O–H groups in total. The van der Waals surface area contributed by atoms with E-state index < -0.39 is 0 Å². The summed E-state index contributed by atoms with van der Waals surface area (Å²) in [5, 5.41) is 0. The first-order chi connectivity index (χ1) is 8.72. The van der Waals surface area contributed by atoms with Gasteiger partial charge in [0, 0.05) is 12.8 Å². The summed E-state index contributed by atoms with van der Waals surface area (Å²) in [4.78, 5) is 0. The molecule has 0 saturated carbocycles. The fraction of sp³-hybridized carbons (Fsp3) is 0.250. The Bertz CT molecular complexity index is 560. The monoisotopic (exact) mass is 302 g/mol. The van der Waals surface area contributed by atoms with Crippen LogP contribution < -0.4 is 4.74 Å². The summed E-state index contributed by atoms with van der Waals surface area (Å²) in [5.41, 5.74) is 3.95. The summed E-state index contributed by atoms with van der Waals surface area (Å²) in [7, 11) is 0. The van der Waals surface area contributed by atoms with E-state index in [4.69, 9.17) is 4.74 Å². The molecule has 0 fully saturated rings. The largest absolute Gasteiger partial charge is 0.488 e. The van der Waals surface area contributed by atoms with Crippen molar-refractivity contribution in [2.75, 3.05) is 0 Å². The predicted octanol–water partition coefficient (Wildman–Crippen LogP) is 4.30. The number of fused-ring (bicyclic) bond motifs is 1. The molecule has 92 valence electrons. The maximum atomic E-state index is 6.02. The SMILES string of the molecule is Cc1ccc(CC2Cc3cccc(Br)c3O2)cc1. The lowest BCUT2D eigenvalue weighted by atomic mass is 10.0. The second kappa shape index (κ2) is 4.77. The van der Waals surface area contributed by atoms with Crippen LogP contribution in [0.2, 0.25) is 0 Å². The van der Waals surface area contributed by atoms with Gasteiger partial charge in [-0.25, -0.2) is 0 Å². The van der Waals surface area contributed by atoms with Crippen LogP contribution in [0, 0.1) is 6.92 Å². The molecule has 1 aliphatic heterocycles. The maximum Gasteiger partial charge on any atom is 0.137 e. The summed E-state index contributed by atoms with van der Waals surface area (Å²) in [6, 6.07) is 15.0. The smallest absolute Gasteiger partial charge is 0.137 e. The van der Waals surface area contributed by atoms with Gasteiger partial charge >= 0.3 is 0 Å². The third-order valence-corrected chi connectivity index (χ3v) is 3.99. The van der Waals surface area contributed by atoms with E-state index in [9.17, 15) is 0 Å². The van der Waals surface area contributed by atoms with Crippen LogP contribution in [-0.4, -0.2) is 6.10 Å². The number of hydrogen-bond acceptors (Lipinski definition) is 1. The number of hydrogen-bond donors (Lipinski definition) is 0. The molecule has 1 nitrogen and oxygen atoms in total. The molecule has 1 aliphatic rings. The third-order valence-electron chi connectivity index (χ3n) is 3.36. The third kappa shape index (κ3) is 2.30. The Morgan fingerprint density at radius 2 is 1.94 bits per heavy atom. The van der Waals surface area contributed by atoms with Crippen molar-refractivity contribution in [1.29, 1.82) is 0 Å². The number of rotatable bonds is 2. The highest BCUT2D eigenvalue weighted by Crippen LogP contribution is 2.36. The van der Waals surface area contributed by atoms with Crippen LogP contribution in [0.25, 0.3) is 0 Å². The van der Waals surface area contributed by atoms with Gasteiger partial charge in [0.05, 0.1) is 4.47 Å². The zero-order valence-electron chi connectivity index (χ0n) is 10.3. The first-order valence-corrected chi connectivity index (χ1v) is 7.01. The van der Waals surface area contributed by atoms with E-state index >= 15 is 0 Å². The first-order valence-electron chi connectivity index (χ1n) is 6.22. The minimum Gasteiger partial charge on any atom is -0.488 e. The minimum absolute atomic E-state index is 0.265. The highest BCUT2D eigenvalue weighted by molar-refractivity contribution is 9.10. The molecule has 1 unspecified atom stereocenters. The summed E-state index contributed by atoms with van der Waals surface area (Å²) >= 11 is 3.54. The molecule has 1 atom stereocenters. The second-order valence-electron chi connectivity index (χ2n) is 4.86. The number of ether oxygens (including phenoxy) is 1. The summed E-state index contributed by atoms with van der Waals surface area (Å²) in [5.74, 6) is 1.02. The van der Waals surface area contributed by atoms with Crippen LogP contribution in [0.3, 0.4) is 0 Å². The molecule has 1 heterocycles. The minimum atomic E-state index is 0.265. The molecule has 0 aliphatic carbocycles. The van der Waals surface area contributed by atoms with Gasteiger partial charge in [-0.1, -0.05) is 42.0 Å². The number of aryl methyl sites for hydroxylation is 1. The molecule has 3 rings (SSSR count). The Balaban J connectivity index is 1.75. The van der Waals surface area contributed by atoms with Gasteiger partial charge in [0.25, 0.3) is 0 Å². The van der Waals surface area contributed by atoms with E-state index in [1.165, 1.54) is 16.7 Å². The van der Waals surface area contributed by atoms with Crippen molar-refractivity contribution in [2.45, 2.75) is 25.9 Å². The zero-order valence-corrected chi connectivity index (χ0v) is 11.9. The summed E-state index contributed by atoms with van der Waals surface area (Å²) < 4.78 is 7.09. The topological polar surface area (TPSA) is 9.23 Å². The van der Waals surface area contributed by atoms with Crippen molar-refractivity contribution >= 4 is 15.9 Å². The molecular formula is C16H15BrO. The molecule has 18 heavy (non-hydrogen) atoms. The highest BCUT2D eigenvalue weighted by Gasteiger charge is 2.24. The van der Waals surface area contributed by atoms with Crippen LogP contribution in [-0.2, 0) is 12.8 Å². The molecule has 0 radical (unpaired) electrons. The molecule has 0 bridgehead atoms. The van der Waals surface area contributed by atoms with Crippen molar-refractivity contribution < 1.29 is 4.74 Å². The molecule has 0 spiro atoms. The Hall–Kier alpha value is -1.28. The fourth-order valence-electron chi connectivity index (χ4n) is 2.40. The van der Waals surface area contributed by atoms with Crippen molar-refractivity contribution in [3.05, 3.63) is 63.6 Å². The van der Waals surface area contributed by atoms with Gasteiger partial charge in [0.1, 0.15) is 11.9 Å². The second-order valence-corrected chi connectivity index (χ2v) is 5.72. The first kappa shape index (κ1) is 11.8. The van der Waals surface area contributed by atoms with Crippen LogP contribution >= 0.6 is 15.9 Å². The van der Waals surface area contributed by atoms with Crippen molar-refractivity contribution in [1.82, 2.24) is 0 Å². The Morgan fingerprint density at radius 1 is 1.17 bits per heavy atom. The van der Waals surface area contributed by atoms with Gasteiger partial charge in [-0.2, -0.15) is 0 Å². The van der Waals surface area contributed by atoms with Gasteiger partial charge < -0.3 is 4.74 Å². The van der Waals surface area contributed by atoms with E-state index in [1.54, 1.807) is 0 Å². The fourth-order valence-corrected chi connectivity index (χ4v) is 2.90. The van der Waals surface area contributed by atoms with Crippen LogP contribution in [0.1, 0.15) is 16.7 Å². The van der Waals surface area contributed by atoms with Gasteiger partial charge in [-0.3, -0.25) is 0 Å². The Labute approximate surface area is 116 Å². The molecule has 2 aromatic rings. The standard InChI is InChI=1S/C16H15BrO/c1-11-5-7-12(8-6-11)9-14-10-13-3-2-4-15(17)16(13)18-14/h2-8,14H,9-10H2,1H3. The van der Waals surface area contributed by atoms with E-state index in [0.717, 1.165) is 23.1 Å². The molecular weight excluding hydrogens is 288 g/mol. The van der Waals surface area contributed by atoms with Crippen LogP contribution in [0.4, 0.5) is 0 Å². The molecule has 2 aromatic carbocycles. The van der Waals surface area contributed by atoms with E-state index in [0.29, 0.717) is 0 Å². The van der Waals surface area contributed by atoms with Gasteiger partial charge in [-0.05, 0) is 40.0 Å². The van der Waals surface area contributed by atoms with Gasteiger partial charge in [0.2, 0.25) is 0 Å². The molecule has 0 saturated heterocycles. The number of halogens is 1. The average molecular weight is 303 g/mol. The lowest BCUT2D eigenvalue weighted by Gasteiger charge is -2.11. The highest BCUT2D eigenvalue weighted by atomic mass is 79.9. The average Bonchev–Trinajstić information content (AvgIpc) is 2.76. The maximum absolute atomic E-state index is 6.02. The number of benzene rings is 2. The van der Waals surface area contributed by atoms with E-state index in [1.807, 2.05) is 6.07 Å². The normalized spacial score (nSPS) is 17.3. The summed E-state index contributed by atoms with van der Waals surface area (Å²) in [6.07, 6.45) is 2.24. The molecule has 2 heteroatoms. The van der Waals surface area contributed by atoms with Crippen molar-refractivity contribution in [2.24, 2.45) is 0 Å². The van der Waals surface area contributed by atoms with Gasteiger partial charge in [-0.15, -0.1) is 0 Å². The zero-order chi connectivity index (χ0) is 12.5. The summed E-state index contributed by atoms with van der Waals surface area (Å²) in [6.45, 7) is 2.11. The predicted molar refractivity (Wildman–Crippen MR) is 77.1 cm³/mol. The van der Waals surface area contributed by atoms with Crippen molar-refractivity contribution in [3.63, 3.8) is 0 Å².